The summed E-state index contributed by atoms with van der Waals surface area (Å²) in [5.41, 5.74) is 4.45. The molecule has 0 atom stereocenters. The van der Waals surface area contributed by atoms with Crippen LogP contribution in [0, 0.1) is 6.92 Å². The molecule has 1 N–H and O–H groups in total. The largest absolute Gasteiger partial charge is 0.573 e. The van der Waals surface area contributed by atoms with Crippen LogP contribution in [0.1, 0.15) is 42.4 Å². The minimum Gasteiger partial charge on any atom is -0.406 e. The molecule has 0 radical (unpaired) electrons. The Balaban J connectivity index is 1.18. The molecule has 10 nitrogen and oxygen atoms in total. The zero-order valence-corrected chi connectivity index (χ0v) is 24.8. The van der Waals surface area contributed by atoms with Crippen LogP contribution in [0.4, 0.5) is 29.3 Å². The lowest BCUT2D eigenvalue weighted by molar-refractivity contribution is -0.274. The number of benzene rings is 2. The van der Waals surface area contributed by atoms with Crippen LogP contribution in [0.25, 0.3) is 5.69 Å². The fourth-order valence-electron chi connectivity index (χ4n) is 4.48. The van der Waals surface area contributed by atoms with E-state index in [0.717, 1.165) is 22.5 Å². The second kappa shape index (κ2) is 12.9. The number of carbonyl (C=O) groups excluding carboxylic acids is 2. The molecule has 0 saturated carbocycles. The SMILES string of the molecule is Cc1ccc(C(C)C)c(N2C(=O)CSC2=NC(=O)Nc2ccc(CCc3ncn(-c4ccc(OC(F)(F)F)cc4)n3)nc2)c1. The smallest absolute Gasteiger partial charge is 0.406 e. The molecule has 3 heterocycles. The first kappa shape index (κ1) is 30.7. The van der Waals surface area contributed by atoms with Crippen LogP contribution >= 0.6 is 11.8 Å². The monoisotopic (exact) mass is 623 g/mol. The molecule has 1 aliphatic heterocycles. The summed E-state index contributed by atoms with van der Waals surface area (Å²) < 4.78 is 42.5. The first-order chi connectivity index (χ1) is 20.9. The van der Waals surface area contributed by atoms with Gasteiger partial charge in [-0.2, -0.15) is 10.1 Å². The van der Waals surface area contributed by atoms with Gasteiger partial charge in [-0.3, -0.25) is 14.7 Å². The van der Waals surface area contributed by atoms with Crippen molar-refractivity contribution in [1.29, 1.82) is 0 Å². The van der Waals surface area contributed by atoms with Gasteiger partial charge in [0.25, 0.3) is 0 Å². The zero-order chi connectivity index (χ0) is 31.4. The third-order valence-electron chi connectivity index (χ3n) is 6.57. The number of urea groups is 1. The van der Waals surface area contributed by atoms with Gasteiger partial charge in [-0.25, -0.2) is 14.5 Å². The Morgan fingerprint density at radius 2 is 1.86 bits per heavy atom. The van der Waals surface area contributed by atoms with Crippen molar-refractivity contribution in [2.24, 2.45) is 4.99 Å². The van der Waals surface area contributed by atoms with Gasteiger partial charge >= 0.3 is 12.4 Å². The summed E-state index contributed by atoms with van der Waals surface area (Å²) in [5, 5.41) is 7.40. The minimum atomic E-state index is -4.76. The Bertz CT molecular complexity index is 1690. The van der Waals surface area contributed by atoms with Crippen LogP contribution in [-0.2, 0) is 17.6 Å². The number of hydrogen-bond donors (Lipinski definition) is 1. The van der Waals surface area contributed by atoms with E-state index in [4.69, 9.17) is 0 Å². The summed E-state index contributed by atoms with van der Waals surface area (Å²) in [6.45, 7) is 6.05. The average Bonchev–Trinajstić information content (AvgIpc) is 3.58. The Morgan fingerprint density at radius 3 is 2.55 bits per heavy atom. The van der Waals surface area contributed by atoms with Crippen molar-refractivity contribution in [2.75, 3.05) is 16.0 Å². The van der Waals surface area contributed by atoms with Crippen molar-refractivity contribution < 1.29 is 27.5 Å². The van der Waals surface area contributed by atoms with Gasteiger partial charge in [0.15, 0.2) is 11.0 Å². The highest BCUT2D eigenvalue weighted by Crippen LogP contribution is 2.34. The lowest BCUT2D eigenvalue weighted by atomic mass is 9.99. The number of hydrogen-bond acceptors (Lipinski definition) is 7. The number of rotatable bonds is 8. The van der Waals surface area contributed by atoms with Crippen LogP contribution in [0.5, 0.6) is 5.75 Å². The number of ether oxygens (including phenoxy) is 1. The first-order valence-corrected chi connectivity index (χ1v) is 14.6. The van der Waals surface area contributed by atoms with E-state index in [1.54, 1.807) is 12.1 Å². The molecule has 0 unspecified atom stereocenters. The molecule has 0 aliphatic carbocycles. The fraction of sp³-hybridized carbons (Fsp3) is 0.267. The van der Waals surface area contributed by atoms with Crippen molar-refractivity contribution in [3.8, 4) is 11.4 Å². The number of nitrogens with zero attached hydrogens (tertiary/aromatic N) is 6. The van der Waals surface area contributed by atoms with E-state index < -0.39 is 12.4 Å². The number of carbonyl (C=O) groups is 2. The average molecular weight is 624 g/mol. The van der Waals surface area contributed by atoms with E-state index in [2.05, 4.69) is 30.1 Å². The van der Waals surface area contributed by atoms with E-state index in [-0.39, 0.29) is 23.3 Å². The standard InChI is InChI=1S/C30H28F3N7O3S/c1-18(2)24-12-4-19(3)14-25(24)40-27(41)16-44-29(40)37-28(42)36-21-6-5-20(34-15-21)7-13-26-35-17-39(38-26)22-8-10-23(11-9-22)43-30(31,32)33/h4-6,8-12,14-15,17-18H,7,13,16H2,1-3H3,(H,36,42). The molecule has 0 spiro atoms. The van der Waals surface area contributed by atoms with E-state index in [1.807, 2.05) is 39.0 Å². The van der Waals surface area contributed by atoms with Gasteiger partial charge in [0.2, 0.25) is 5.91 Å². The fourth-order valence-corrected chi connectivity index (χ4v) is 5.34. The Kier molecular flexibility index (Phi) is 8.99. The number of nitrogens with one attached hydrogen (secondary N) is 1. The number of amides is 3. The molecule has 1 saturated heterocycles. The molecule has 1 fully saturated rings. The van der Waals surface area contributed by atoms with Gasteiger partial charge in [-0.05, 0) is 72.9 Å². The summed E-state index contributed by atoms with van der Waals surface area (Å²) in [5.74, 6) is 0.449. The molecule has 44 heavy (non-hydrogen) atoms. The molecule has 0 bridgehead atoms. The Hall–Kier alpha value is -4.72. The highest BCUT2D eigenvalue weighted by Gasteiger charge is 2.33. The predicted molar refractivity (Wildman–Crippen MR) is 161 cm³/mol. The highest BCUT2D eigenvalue weighted by atomic mass is 32.2. The van der Waals surface area contributed by atoms with Crippen molar-refractivity contribution in [1.82, 2.24) is 19.7 Å². The first-order valence-electron chi connectivity index (χ1n) is 13.6. The van der Waals surface area contributed by atoms with Crippen molar-refractivity contribution in [2.45, 2.75) is 45.9 Å². The molecule has 14 heteroatoms. The summed E-state index contributed by atoms with van der Waals surface area (Å²) in [4.78, 5) is 39.9. The number of aliphatic imine (C=N–C) groups is 1. The molecule has 228 valence electrons. The van der Waals surface area contributed by atoms with Gasteiger partial charge in [0.05, 0.1) is 29.0 Å². The topological polar surface area (TPSA) is 115 Å². The lowest BCUT2D eigenvalue weighted by Crippen LogP contribution is -2.31. The molecule has 2 aromatic heterocycles. The van der Waals surface area contributed by atoms with Crippen LogP contribution in [0.15, 0.2) is 72.1 Å². The van der Waals surface area contributed by atoms with E-state index in [0.29, 0.717) is 35.2 Å². The van der Waals surface area contributed by atoms with E-state index >= 15 is 0 Å². The zero-order valence-electron chi connectivity index (χ0n) is 24.0. The molecule has 3 amide bonds. The van der Waals surface area contributed by atoms with Gasteiger partial charge < -0.3 is 10.1 Å². The maximum absolute atomic E-state index is 12.8. The normalized spacial score (nSPS) is 14.5. The summed E-state index contributed by atoms with van der Waals surface area (Å²) in [6.07, 6.45) is -0.783. The molecule has 4 aromatic rings. The number of anilines is 2. The molecule has 5 rings (SSSR count). The highest BCUT2D eigenvalue weighted by molar-refractivity contribution is 8.15. The second-order valence-electron chi connectivity index (χ2n) is 10.2. The van der Waals surface area contributed by atoms with Gasteiger partial charge in [-0.1, -0.05) is 37.7 Å². The van der Waals surface area contributed by atoms with E-state index in [1.165, 1.54) is 58.1 Å². The maximum Gasteiger partial charge on any atom is 0.573 e. The molecular weight excluding hydrogens is 595 g/mol. The number of thioether (sulfide) groups is 1. The van der Waals surface area contributed by atoms with Gasteiger partial charge in [-0.15, -0.1) is 13.2 Å². The van der Waals surface area contributed by atoms with Crippen LogP contribution < -0.4 is 15.0 Å². The Morgan fingerprint density at radius 1 is 1.09 bits per heavy atom. The quantitative estimate of drug-likeness (QED) is 0.240. The van der Waals surface area contributed by atoms with Crippen LogP contribution in [-0.4, -0.2) is 49.0 Å². The number of pyridine rings is 1. The molecular formula is C30H28F3N7O3S. The minimum absolute atomic E-state index is 0.132. The van der Waals surface area contributed by atoms with Gasteiger partial charge in [0, 0.05) is 12.1 Å². The van der Waals surface area contributed by atoms with Crippen molar-refractivity contribution in [3.63, 3.8) is 0 Å². The van der Waals surface area contributed by atoms with E-state index in [9.17, 15) is 22.8 Å². The maximum atomic E-state index is 12.8. The number of amidine groups is 1. The number of halogens is 3. The van der Waals surface area contributed by atoms with Crippen LogP contribution in [0.3, 0.4) is 0 Å². The van der Waals surface area contributed by atoms with Crippen LogP contribution in [0.2, 0.25) is 0 Å². The van der Waals surface area contributed by atoms with Crippen molar-refractivity contribution >= 4 is 40.2 Å². The third-order valence-corrected chi connectivity index (χ3v) is 7.49. The van der Waals surface area contributed by atoms with Gasteiger partial charge in [0.1, 0.15) is 12.1 Å². The second-order valence-corrected chi connectivity index (χ2v) is 11.2. The summed E-state index contributed by atoms with van der Waals surface area (Å²) >= 11 is 1.22. The number of alkyl halides is 3. The summed E-state index contributed by atoms with van der Waals surface area (Å²) in [7, 11) is 0. The lowest BCUT2D eigenvalue weighted by Gasteiger charge is -2.22. The van der Waals surface area contributed by atoms with Crippen molar-refractivity contribution in [3.05, 3.63) is 89.8 Å². The summed E-state index contributed by atoms with van der Waals surface area (Å²) in [6, 6.07) is 14.1. The predicted octanol–water partition coefficient (Wildman–Crippen LogP) is 6.45. The third kappa shape index (κ3) is 7.61. The molecule has 2 aromatic carbocycles. The number of aromatic nitrogens is 4. The molecule has 1 aliphatic rings. The Labute approximate surface area is 255 Å². The number of aryl methyl sites for hydroxylation is 3.